The summed E-state index contributed by atoms with van der Waals surface area (Å²) in [6.07, 6.45) is 0. The van der Waals surface area contributed by atoms with Gasteiger partial charge in [-0.05, 0) is 36.2 Å². The van der Waals surface area contributed by atoms with E-state index in [1.54, 1.807) is 30.3 Å². The highest BCUT2D eigenvalue weighted by Crippen LogP contribution is 2.29. The molecule has 0 unspecified atom stereocenters. The summed E-state index contributed by atoms with van der Waals surface area (Å²) in [6.45, 7) is 3.60. The van der Waals surface area contributed by atoms with Crippen molar-refractivity contribution in [3.05, 3.63) is 48.5 Å². The van der Waals surface area contributed by atoms with Crippen LogP contribution in [-0.4, -0.2) is 31.7 Å². The first kappa shape index (κ1) is 19.3. The largest absolute Gasteiger partial charge is 0.484 e. The predicted octanol–water partition coefficient (Wildman–Crippen LogP) is 3.74. The SMILES string of the molecule is CC(C)CS(=O)(=O)c1nc2ccc(NC(=O)COc3ccccc3)cc2s1. The highest BCUT2D eigenvalue weighted by molar-refractivity contribution is 7.93. The summed E-state index contributed by atoms with van der Waals surface area (Å²) in [6, 6.07) is 14.2. The van der Waals surface area contributed by atoms with E-state index >= 15 is 0 Å². The molecule has 1 N–H and O–H groups in total. The molecule has 0 radical (unpaired) electrons. The van der Waals surface area contributed by atoms with E-state index < -0.39 is 9.84 Å². The minimum Gasteiger partial charge on any atom is -0.484 e. The molecule has 0 saturated carbocycles. The van der Waals surface area contributed by atoms with Crippen molar-refractivity contribution in [3.8, 4) is 5.75 Å². The minimum absolute atomic E-state index is 0.0291. The van der Waals surface area contributed by atoms with E-state index in [1.807, 2.05) is 32.0 Å². The Morgan fingerprint density at radius 2 is 1.93 bits per heavy atom. The molecule has 0 atom stereocenters. The Labute approximate surface area is 162 Å². The maximum absolute atomic E-state index is 12.4. The first-order valence-corrected chi connectivity index (χ1v) is 10.9. The monoisotopic (exact) mass is 404 g/mol. The Hall–Kier alpha value is -2.45. The lowest BCUT2D eigenvalue weighted by atomic mass is 10.3. The zero-order chi connectivity index (χ0) is 19.4. The van der Waals surface area contributed by atoms with Gasteiger partial charge in [0.15, 0.2) is 6.61 Å². The van der Waals surface area contributed by atoms with Crippen molar-refractivity contribution in [1.82, 2.24) is 4.98 Å². The van der Waals surface area contributed by atoms with Gasteiger partial charge in [-0.1, -0.05) is 32.0 Å². The number of nitrogens with zero attached hydrogens (tertiary/aromatic N) is 1. The highest BCUT2D eigenvalue weighted by atomic mass is 32.2. The molecule has 27 heavy (non-hydrogen) atoms. The summed E-state index contributed by atoms with van der Waals surface area (Å²) < 4.78 is 30.9. The van der Waals surface area contributed by atoms with E-state index in [2.05, 4.69) is 10.3 Å². The normalized spacial score (nSPS) is 11.7. The Morgan fingerprint density at radius 3 is 2.63 bits per heavy atom. The molecule has 1 aromatic heterocycles. The van der Waals surface area contributed by atoms with E-state index in [0.29, 0.717) is 21.7 Å². The number of carbonyl (C=O) groups excluding carboxylic acids is 1. The molecule has 0 saturated heterocycles. The van der Waals surface area contributed by atoms with Crippen LogP contribution in [0.2, 0.25) is 0 Å². The predicted molar refractivity (Wildman–Crippen MR) is 107 cm³/mol. The second-order valence-corrected chi connectivity index (χ2v) is 9.73. The molecule has 0 aliphatic rings. The van der Waals surface area contributed by atoms with Gasteiger partial charge < -0.3 is 10.1 Å². The number of carbonyl (C=O) groups is 1. The van der Waals surface area contributed by atoms with E-state index in [9.17, 15) is 13.2 Å². The lowest BCUT2D eigenvalue weighted by Crippen LogP contribution is -2.20. The summed E-state index contributed by atoms with van der Waals surface area (Å²) in [5.41, 5.74) is 1.17. The number of fused-ring (bicyclic) bond motifs is 1. The van der Waals surface area contributed by atoms with Crippen molar-refractivity contribution in [3.63, 3.8) is 0 Å². The fraction of sp³-hybridized carbons (Fsp3) is 0.263. The molecule has 1 amide bonds. The third kappa shape index (κ3) is 5.05. The molecule has 0 aliphatic heterocycles. The maximum atomic E-state index is 12.4. The highest BCUT2D eigenvalue weighted by Gasteiger charge is 2.21. The van der Waals surface area contributed by atoms with Crippen molar-refractivity contribution in [2.24, 2.45) is 5.92 Å². The zero-order valence-corrected chi connectivity index (χ0v) is 16.6. The van der Waals surface area contributed by atoms with Crippen LogP contribution >= 0.6 is 11.3 Å². The Kier molecular flexibility index (Phi) is 5.76. The molecule has 8 heteroatoms. The molecule has 0 fully saturated rings. The van der Waals surface area contributed by atoms with E-state index in [4.69, 9.17) is 4.74 Å². The Bertz CT molecular complexity index is 1040. The maximum Gasteiger partial charge on any atom is 0.262 e. The quantitative estimate of drug-likeness (QED) is 0.648. The third-order valence-corrected chi connectivity index (χ3v) is 7.14. The molecule has 6 nitrogen and oxygen atoms in total. The van der Waals surface area contributed by atoms with Gasteiger partial charge in [-0.3, -0.25) is 4.79 Å². The summed E-state index contributed by atoms with van der Waals surface area (Å²) >= 11 is 1.12. The van der Waals surface area contributed by atoms with Gasteiger partial charge in [-0.15, -0.1) is 11.3 Å². The molecule has 142 valence electrons. The fourth-order valence-corrected chi connectivity index (χ4v) is 5.46. The number of para-hydroxylation sites is 1. The van der Waals surface area contributed by atoms with Crippen molar-refractivity contribution in [2.45, 2.75) is 18.2 Å². The van der Waals surface area contributed by atoms with Gasteiger partial charge in [0.1, 0.15) is 5.75 Å². The van der Waals surface area contributed by atoms with Crippen molar-refractivity contribution < 1.29 is 17.9 Å². The second kappa shape index (κ2) is 8.06. The summed E-state index contributed by atoms with van der Waals surface area (Å²) in [4.78, 5) is 16.3. The van der Waals surface area contributed by atoms with Crippen LogP contribution in [0, 0.1) is 5.92 Å². The van der Waals surface area contributed by atoms with Crippen LogP contribution in [0.5, 0.6) is 5.75 Å². The second-order valence-electron chi connectivity index (χ2n) is 6.49. The van der Waals surface area contributed by atoms with E-state index in [1.165, 1.54) is 0 Å². The zero-order valence-electron chi connectivity index (χ0n) is 15.0. The van der Waals surface area contributed by atoms with Crippen LogP contribution in [0.4, 0.5) is 5.69 Å². The minimum atomic E-state index is -3.40. The average molecular weight is 405 g/mol. The first-order valence-electron chi connectivity index (χ1n) is 8.44. The average Bonchev–Trinajstić information content (AvgIpc) is 3.04. The van der Waals surface area contributed by atoms with Gasteiger partial charge in [0.2, 0.25) is 14.2 Å². The van der Waals surface area contributed by atoms with Crippen LogP contribution in [-0.2, 0) is 14.6 Å². The summed E-state index contributed by atoms with van der Waals surface area (Å²) in [5, 5.41) is 2.75. The van der Waals surface area contributed by atoms with Gasteiger partial charge in [-0.2, -0.15) is 0 Å². The smallest absolute Gasteiger partial charge is 0.262 e. The molecule has 0 spiro atoms. The topological polar surface area (TPSA) is 85.4 Å². The number of nitrogens with one attached hydrogen (secondary N) is 1. The lowest BCUT2D eigenvalue weighted by molar-refractivity contribution is -0.118. The van der Waals surface area contributed by atoms with Crippen LogP contribution in [0.3, 0.4) is 0 Å². The number of hydrogen-bond acceptors (Lipinski definition) is 6. The van der Waals surface area contributed by atoms with Gasteiger partial charge >= 0.3 is 0 Å². The number of thiazole rings is 1. The van der Waals surface area contributed by atoms with Crippen molar-refractivity contribution in [1.29, 1.82) is 0 Å². The number of sulfone groups is 1. The Balaban J connectivity index is 1.70. The number of anilines is 1. The number of amides is 1. The molecular weight excluding hydrogens is 384 g/mol. The number of ether oxygens (including phenoxy) is 1. The number of aromatic nitrogens is 1. The molecule has 3 aromatic rings. The Morgan fingerprint density at radius 1 is 1.19 bits per heavy atom. The van der Waals surface area contributed by atoms with Crippen molar-refractivity contribution in [2.75, 3.05) is 17.7 Å². The van der Waals surface area contributed by atoms with Crippen LogP contribution < -0.4 is 10.1 Å². The molecular formula is C19H20N2O4S2. The summed E-state index contributed by atoms with van der Waals surface area (Å²) in [5.74, 6) is 0.412. The van der Waals surface area contributed by atoms with E-state index in [0.717, 1.165) is 11.3 Å². The van der Waals surface area contributed by atoms with Gasteiger partial charge in [0, 0.05) is 5.69 Å². The molecule has 0 aliphatic carbocycles. The molecule has 3 rings (SSSR count). The lowest BCUT2D eigenvalue weighted by Gasteiger charge is -2.07. The van der Waals surface area contributed by atoms with Crippen LogP contribution in [0.25, 0.3) is 10.2 Å². The third-order valence-electron chi connectivity index (χ3n) is 3.58. The molecule has 2 aromatic carbocycles. The van der Waals surface area contributed by atoms with Gasteiger partial charge in [0.05, 0.1) is 16.0 Å². The summed E-state index contributed by atoms with van der Waals surface area (Å²) in [7, 11) is -3.40. The fourth-order valence-electron chi connectivity index (χ4n) is 2.49. The van der Waals surface area contributed by atoms with Gasteiger partial charge in [0.25, 0.3) is 5.91 Å². The number of rotatable bonds is 7. The molecule has 0 bridgehead atoms. The first-order chi connectivity index (χ1) is 12.8. The van der Waals surface area contributed by atoms with Crippen LogP contribution in [0.15, 0.2) is 52.9 Å². The molecule has 1 heterocycles. The van der Waals surface area contributed by atoms with Crippen molar-refractivity contribution >= 4 is 43.0 Å². The van der Waals surface area contributed by atoms with E-state index in [-0.39, 0.29) is 28.5 Å². The number of benzene rings is 2. The number of hydrogen-bond donors (Lipinski definition) is 1. The standard InChI is InChI=1S/C19H20N2O4S2/c1-13(2)12-27(23,24)19-21-16-9-8-14(10-17(16)26-19)20-18(22)11-25-15-6-4-3-5-7-15/h3-10,13H,11-12H2,1-2H3,(H,20,22). The van der Waals surface area contributed by atoms with Crippen LogP contribution in [0.1, 0.15) is 13.8 Å². The van der Waals surface area contributed by atoms with Gasteiger partial charge in [-0.25, -0.2) is 13.4 Å².